The summed E-state index contributed by atoms with van der Waals surface area (Å²) in [5, 5.41) is 0. The molecule has 15 heavy (non-hydrogen) atoms. The van der Waals surface area contributed by atoms with E-state index in [0.717, 1.165) is 23.3 Å². The summed E-state index contributed by atoms with van der Waals surface area (Å²) in [6.45, 7) is 2.31. The fourth-order valence-electron chi connectivity index (χ4n) is 2.19. The Hall–Kier alpha value is -1.03. The fraction of sp³-hybridized carbons (Fsp3) is 0.364. The van der Waals surface area contributed by atoms with Gasteiger partial charge in [0.05, 0.1) is 11.7 Å². The Labute approximate surface area is 96.9 Å². The molecule has 0 radical (unpaired) electrons. The fourth-order valence-corrected chi connectivity index (χ4v) is 2.67. The smallest absolute Gasteiger partial charge is 0.183 e. The van der Waals surface area contributed by atoms with Gasteiger partial charge in [-0.1, -0.05) is 6.07 Å². The monoisotopic (exact) mass is 265 g/mol. The van der Waals surface area contributed by atoms with Crippen LogP contribution in [0.5, 0.6) is 0 Å². The molecule has 1 aliphatic rings. The molecule has 0 bridgehead atoms. The summed E-state index contributed by atoms with van der Waals surface area (Å²) in [6, 6.07) is 6.33. The van der Waals surface area contributed by atoms with Crippen molar-refractivity contribution in [1.82, 2.24) is 9.38 Å². The molecule has 0 saturated carbocycles. The number of pyridine rings is 1. The van der Waals surface area contributed by atoms with Crippen molar-refractivity contribution >= 4 is 27.3 Å². The Morgan fingerprint density at radius 3 is 2.80 bits per heavy atom. The molecule has 2 aromatic rings. The number of aromatic nitrogens is 2. The molecule has 0 atom stereocenters. The van der Waals surface area contributed by atoms with Gasteiger partial charge in [-0.15, -0.1) is 0 Å². The molecular weight excluding hydrogens is 254 g/mol. The van der Waals surface area contributed by atoms with Crippen LogP contribution in [0.1, 0.15) is 12.8 Å². The van der Waals surface area contributed by atoms with E-state index < -0.39 is 0 Å². The lowest BCUT2D eigenvalue weighted by Gasteiger charge is -2.19. The molecule has 4 heteroatoms. The highest BCUT2D eigenvalue weighted by Crippen LogP contribution is 2.24. The SMILES string of the molecule is Brc1ncc2cccc(N3CCCC3)n12. The van der Waals surface area contributed by atoms with E-state index in [0.29, 0.717) is 0 Å². The number of halogens is 1. The lowest BCUT2D eigenvalue weighted by molar-refractivity contribution is 0.907. The molecule has 0 aromatic carbocycles. The summed E-state index contributed by atoms with van der Waals surface area (Å²) in [6.07, 6.45) is 4.48. The summed E-state index contributed by atoms with van der Waals surface area (Å²) >= 11 is 3.49. The Bertz CT molecular complexity index is 486. The number of rotatable bonds is 1. The van der Waals surface area contributed by atoms with Gasteiger partial charge < -0.3 is 4.90 Å². The minimum atomic E-state index is 0.889. The maximum absolute atomic E-state index is 4.28. The summed E-state index contributed by atoms with van der Waals surface area (Å²) in [5.74, 6) is 1.24. The average molecular weight is 266 g/mol. The van der Waals surface area contributed by atoms with Gasteiger partial charge in [0.15, 0.2) is 4.73 Å². The number of hydrogen-bond acceptors (Lipinski definition) is 2. The minimum absolute atomic E-state index is 0.889. The van der Waals surface area contributed by atoms with Crippen LogP contribution >= 0.6 is 15.9 Å². The van der Waals surface area contributed by atoms with Gasteiger partial charge in [0.25, 0.3) is 0 Å². The molecule has 0 N–H and O–H groups in total. The molecule has 0 aliphatic carbocycles. The van der Waals surface area contributed by atoms with Crippen LogP contribution < -0.4 is 4.90 Å². The normalized spacial score (nSPS) is 16.5. The number of imidazole rings is 1. The van der Waals surface area contributed by atoms with E-state index >= 15 is 0 Å². The highest BCUT2D eigenvalue weighted by Gasteiger charge is 2.15. The second-order valence-electron chi connectivity index (χ2n) is 3.87. The average Bonchev–Trinajstić information content (AvgIpc) is 2.88. The van der Waals surface area contributed by atoms with E-state index in [1.807, 2.05) is 6.20 Å². The lowest BCUT2D eigenvalue weighted by Crippen LogP contribution is -2.20. The number of hydrogen-bond donors (Lipinski definition) is 0. The molecule has 0 amide bonds. The van der Waals surface area contributed by atoms with Crippen molar-refractivity contribution in [2.24, 2.45) is 0 Å². The van der Waals surface area contributed by atoms with E-state index in [1.165, 1.54) is 18.7 Å². The molecule has 2 aromatic heterocycles. The van der Waals surface area contributed by atoms with Crippen molar-refractivity contribution < 1.29 is 0 Å². The molecule has 0 spiro atoms. The molecule has 3 rings (SSSR count). The van der Waals surface area contributed by atoms with Crippen molar-refractivity contribution in [3.05, 3.63) is 29.1 Å². The maximum Gasteiger partial charge on any atom is 0.183 e. The van der Waals surface area contributed by atoms with Crippen LogP contribution in [-0.2, 0) is 0 Å². The second-order valence-corrected chi connectivity index (χ2v) is 4.57. The first-order valence-electron chi connectivity index (χ1n) is 5.23. The van der Waals surface area contributed by atoms with Crippen LogP contribution in [0.3, 0.4) is 0 Å². The summed E-state index contributed by atoms with van der Waals surface area (Å²) < 4.78 is 3.05. The highest BCUT2D eigenvalue weighted by molar-refractivity contribution is 9.10. The quantitative estimate of drug-likeness (QED) is 0.791. The molecule has 0 unspecified atom stereocenters. The first-order valence-corrected chi connectivity index (χ1v) is 6.02. The van der Waals surface area contributed by atoms with E-state index in [1.54, 1.807) is 0 Å². The predicted molar refractivity (Wildman–Crippen MR) is 64.3 cm³/mol. The third-order valence-electron chi connectivity index (χ3n) is 2.92. The van der Waals surface area contributed by atoms with Gasteiger partial charge in [0.2, 0.25) is 0 Å². The van der Waals surface area contributed by atoms with Crippen molar-refractivity contribution in [3.63, 3.8) is 0 Å². The van der Waals surface area contributed by atoms with Crippen LogP contribution in [-0.4, -0.2) is 22.5 Å². The Kier molecular flexibility index (Phi) is 2.16. The van der Waals surface area contributed by atoms with Crippen molar-refractivity contribution in [2.75, 3.05) is 18.0 Å². The van der Waals surface area contributed by atoms with Gasteiger partial charge in [-0.3, -0.25) is 4.40 Å². The van der Waals surface area contributed by atoms with Gasteiger partial charge in [-0.05, 0) is 40.9 Å². The van der Waals surface area contributed by atoms with Crippen LogP contribution in [0.15, 0.2) is 29.1 Å². The van der Waals surface area contributed by atoms with Crippen LogP contribution in [0.25, 0.3) is 5.52 Å². The summed E-state index contributed by atoms with van der Waals surface area (Å²) in [5.41, 5.74) is 1.14. The Balaban J connectivity index is 2.19. The molecular formula is C11H12BrN3. The van der Waals surface area contributed by atoms with E-state index in [2.05, 4.69) is 48.4 Å². The largest absolute Gasteiger partial charge is 0.358 e. The molecule has 3 heterocycles. The Morgan fingerprint density at radius 1 is 1.20 bits per heavy atom. The molecule has 1 fully saturated rings. The van der Waals surface area contributed by atoms with Crippen molar-refractivity contribution in [3.8, 4) is 0 Å². The second kappa shape index (κ2) is 3.52. The van der Waals surface area contributed by atoms with Gasteiger partial charge in [0.1, 0.15) is 5.82 Å². The summed E-state index contributed by atoms with van der Waals surface area (Å²) in [4.78, 5) is 6.70. The molecule has 78 valence electrons. The van der Waals surface area contributed by atoms with E-state index in [9.17, 15) is 0 Å². The minimum Gasteiger partial charge on any atom is -0.358 e. The topological polar surface area (TPSA) is 20.5 Å². The van der Waals surface area contributed by atoms with Gasteiger partial charge >= 0.3 is 0 Å². The third kappa shape index (κ3) is 1.44. The van der Waals surface area contributed by atoms with Crippen LogP contribution in [0.2, 0.25) is 0 Å². The zero-order chi connectivity index (χ0) is 10.3. The molecule has 1 aliphatic heterocycles. The zero-order valence-electron chi connectivity index (χ0n) is 8.36. The number of fused-ring (bicyclic) bond motifs is 1. The molecule has 3 nitrogen and oxygen atoms in total. The third-order valence-corrected chi connectivity index (χ3v) is 3.48. The first-order chi connectivity index (χ1) is 7.36. The van der Waals surface area contributed by atoms with E-state index in [-0.39, 0.29) is 0 Å². The number of anilines is 1. The maximum atomic E-state index is 4.28. The van der Waals surface area contributed by atoms with Crippen LogP contribution in [0.4, 0.5) is 5.82 Å². The zero-order valence-corrected chi connectivity index (χ0v) is 9.94. The van der Waals surface area contributed by atoms with Gasteiger partial charge in [-0.2, -0.15) is 0 Å². The first kappa shape index (κ1) is 9.21. The number of nitrogens with zero attached hydrogens (tertiary/aromatic N) is 3. The highest BCUT2D eigenvalue weighted by atomic mass is 79.9. The standard InChI is InChI=1S/C11H12BrN3/c12-11-13-8-9-4-3-5-10(15(9)11)14-6-1-2-7-14/h3-5,8H,1-2,6-7H2. The van der Waals surface area contributed by atoms with E-state index in [4.69, 9.17) is 0 Å². The molecule has 1 saturated heterocycles. The Morgan fingerprint density at radius 2 is 2.00 bits per heavy atom. The van der Waals surface area contributed by atoms with Gasteiger partial charge in [-0.25, -0.2) is 4.98 Å². The lowest BCUT2D eigenvalue weighted by atomic mass is 10.4. The van der Waals surface area contributed by atoms with Crippen molar-refractivity contribution in [1.29, 1.82) is 0 Å². The van der Waals surface area contributed by atoms with Crippen LogP contribution in [0, 0.1) is 0 Å². The predicted octanol–water partition coefficient (Wildman–Crippen LogP) is 2.70. The van der Waals surface area contributed by atoms with Gasteiger partial charge in [0, 0.05) is 13.1 Å². The summed E-state index contributed by atoms with van der Waals surface area (Å²) in [7, 11) is 0. The van der Waals surface area contributed by atoms with Crippen molar-refractivity contribution in [2.45, 2.75) is 12.8 Å².